The van der Waals surface area contributed by atoms with E-state index < -0.39 is 0 Å². The molecule has 1 aliphatic heterocycles. The molecule has 150 valence electrons. The smallest absolute Gasteiger partial charge is 0.276 e. The number of hydrogen-bond donors (Lipinski definition) is 0. The maximum absolute atomic E-state index is 12.9. The van der Waals surface area contributed by atoms with Crippen molar-refractivity contribution in [3.63, 3.8) is 0 Å². The van der Waals surface area contributed by atoms with E-state index in [1.165, 1.54) is 11.8 Å². The number of likely N-dealkylation sites (N-methyl/N-ethyl adjacent to an activating group) is 1. The fourth-order valence-electron chi connectivity index (χ4n) is 3.36. The number of carbonyl (C=O) groups excluding carboxylic acids is 1. The molecule has 0 N–H and O–H groups in total. The van der Waals surface area contributed by atoms with E-state index in [0.29, 0.717) is 29.6 Å². The average molecular weight is 413 g/mol. The quantitative estimate of drug-likeness (QED) is 0.639. The Bertz CT molecular complexity index is 979. The molecule has 1 atom stereocenters. The lowest BCUT2D eigenvalue weighted by Gasteiger charge is -2.39. The van der Waals surface area contributed by atoms with Crippen LogP contribution in [0, 0.1) is 0 Å². The number of nitrogens with zero attached hydrogens (tertiary/aromatic N) is 4. The summed E-state index contributed by atoms with van der Waals surface area (Å²) >= 11 is 5.89. The number of carbonyl (C=O) groups is 1. The molecule has 3 heterocycles. The van der Waals surface area contributed by atoms with Crippen LogP contribution in [0.1, 0.15) is 27.9 Å². The molecule has 0 aliphatic carbocycles. The molecule has 3 aromatic rings. The molecule has 7 nitrogen and oxygen atoms in total. The largest absolute Gasteiger partial charge is 0.484 e. The monoisotopic (exact) mass is 412 g/mol. The summed E-state index contributed by atoms with van der Waals surface area (Å²) in [5.74, 6) is 0.840. The second kappa shape index (κ2) is 8.63. The summed E-state index contributed by atoms with van der Waals surface area (Å²) in [6, 6.07) is 13.6. The van der Waals surface area contributed by atoms with Gasteiger partial charge in [-0.15, -0.1) is 0 Å². The second-order valence-electron chi connectivity index (χ2n) is 6.96. The summed E-state index contributed by atoms with van der Waals surface area (Å²) < 4.78 is 10.9. The fraction of sp³-hybridized carbons (Fsp3) is 0.286. The molecular weight excluding hydrogens is 392 g/mol. The fourth-order valence-corrected chi connectivity index (χ4v) is 3.53. The van der Waals surface area contributed by atoms with Gasteiger partial charge in [-0.3, -0.25) is 14.7 Å². The van der Waals surface area contributed by atoms with Gasteiger partial charge in [0.25, 0.3) is 5.91 Å². The molecule has 0 radical (unpaired) electrons. The molecule has 0 saturated carbocycles. The third-order valence-corrected chi connectivity index (χ3v) is 5.17. The third kappa shape index (κ3) is 4.58. The highest BCUT2D eigenvalue weighted by molar-refractivity contribution is 6.30. The van der Waals surface area contributed by atoms with Crippen LogP contribution in [0.3, 0.4) is 0 Å². The summed E-state index contributed by atoms with van der Waals surface area (Å²) in [7, 11) is 2.08. The summed E-state index contributed by atoms with van der Waals surface area (Å²) in [5.41, 5.74) is 1.47. The molecule has 0 spiro atoms. The number of aromatic nitrogens is 2. The van der Waals surface area contributed by atoms with Crippen molar-refractivity contribution in [3.05, 3.63) is 76.9 Å². The van der Waals surface area contributed by atoms with E-state index in [4.69, 9.17) is 20.9 Å². The van der Waals surface area contributed by atoms with Crippen molar-refractivity contribution in [1.29, 1.82) is 0 Å². The average Bonchev–Trinajstić information content (AvgIpc) is 3.22. The molecule has 0 bridgehead atoms. The number of ether oxygens (including phenoxy) is 1. The highest BCUT2D eigenvalue weighted by Crippen LogP contribution is 2.25. The summed E-state index contributed by atoms with van der Waals surface area (Å²) in [4.78, 5) is 21.0. The second-order valence-corrected chi connectivity index (χ2v) is 7.40. The van der Waals surface area contributed by atoms with Gasteiger partial charge in [0.1, 0.15) is 12.4 Å². The molecule has 29 heavy (non-hydrogen) atoms. The Kier molecular flexibility index (Phi) is 5.78. The Hall–Kier alpha value is -2.90. The topological polar surface area (TPSA) is 71.7 Å². The van der Waals surface area contributed by atoms with Gasteiger partial charge in [0.15, 0.2) is 11.5 Å². The lowest BCUT2D eigenvalue weighted by molar-refractivity contribution is 0.0536. The minimum atomic E-state index is -0.140. The molecule has 1 amide bonds. The van der Waals surface area contributed by atoms with Crippen molar-refractivity contribution < 1.29 is 14.1 Å². The summed E-state index contributed by atoms with van der Waals surface area (Å²) in [6.07, 6.45) is 3.08. The van der Waals surface area contributed by atoms with Gasteiger partial charge in [-0.25, -0.2) is 0 Å². The third-order valence-electron chi connectivity index (χ3n) is 4.96. The van der Waals surface area contributed by atoms with E-state index in [0.717, 1.165) is 6.54 Å². The van der Waals surface area contributed by atoms with Crippen molar-refractivity contribution in [2.45, 2.75) is 12.6 Å². The first-order chi connectivity index (χ1) is 14.1. The van der Waals surface area contributed by atoms with Crippen LogP contribution >= 0.6 is 11.6 Å². The van der Waals surface area contributed by atoms with Crippen LogP contribution < -0.4 is 4.74 Å². The minimum Gasteiger partial charge on any atom is -0.484 e. The zero-order valence-corrected chi connectivity index (χ0v) is 16.7. The molecule has 8 heteroatoms. The van der Waals surface area contributed by atoms with Crippen LogP contribution in [0.15, 0.2) is 59.4 Å². The zero-order valence-electron chi connectivity index (χ0n) is 16.0. The molecule has 2 aromatic heterocycles. The number of pyridine rings is 1. The molecule has 1 aliphatic rings. The first kappa shape index (κ1) is 19.4. The van der Waals surface area contributed by atoms with Crippen molar-refractivity contribution in [1.82, 2.24) is 19.9 Å². The van der Waals surface area contributed by atoms with E-state index in [2.05, 4.69) is 34.2 Å². The lowest BCUT2D eigenvalue weighted by Crippen LogP contribution is -2.49. The first-order valence-corrected chi connectivity index (χ1v) is 9.71. The predicted octanol–water partition coefficient (Wildman–Crippen LogP) is 3.43. The van der Waals surface area contributed by atoms with Crippen LogP contribution in [-0.4, -0.2) is 52.5 Å². The van der Waals surface area contributed by atoms with Gasteiger partial charge < -0.3 is 14.2 Å². The first-order valence-electron chi connectivity index (χ1n) is 9.33. The maximum atomic E-state index is 12.9. The number of amides is 1. The van der Waals surface area contributed by atoms with Gasteiger partial charge in [0, 0.05) is 38.0 Å². The molecule has 1 aromatic carbocycles. The SMILES string of the molecule is CN1CCN(C(=O)c2cc(COc3cncc(Cl)c3)on2)CC1c1ccccc1. The van der Waals surface area contributed by atoms with E-state index in [-0.39, 0.29) is 24.2 Å². The van der Waals surface area contributed by atoms with Gasteiger partial charge in [-0.05, 0) is 12.6 Å². The normalized spacial score (nSPS) is 17.3. The standard InChI is InChI=1S/C21H21ClN4O3/c1-25-7-8-26(13-20(25)15-5-3-2-4-6-15)21(27)19-10-18(29-24-19)14-28-17-9-16(22)11-23-12-17/h2-6,9-12,20H,7-8,13-14H2,1H3. The number of halogens is 1. The van der Waals surface area contributed by atoms with Crippen molar-refractivity contribution in [2.24, 2.45) is 0 Å². The number of piperazine rings is 1. The van der Waals surface area contributed by atoms with Gasteiger partial charge >= 0.3 is 0 Å². The summed E-state index contributed by atoms with van der Waals surface area (Å²) in [5, 5.41) is 4.42. The van der Waals surface area contributed by atoms with E-state index in [1.54, 1.807) is 18.3 Å². The molecule has 4 rings (SSSR count). The zero-order chi connectivity index (χ0) is 20.2. The lowest BCUT2D eigenvalue weighted by atomic mass is 10.0. The van der Waals surface area contributed by atoms with E-state index >= 15 is 0 Å². The van der Waals surface area contributed by atoms with Gasteiger partial charge in [0.05, 0.1) is 17.3 Å². The Morgan fingerprint density at radius 2 is 2.07 bits per heavy atom. The van der Waals surface area contributed by atoms with Crippen molar-refractivity contribution >= 4 is 17.5 Å². The Labute approximate surface area is 173 Å². The van der Waals surface area contributed by atoms with Crippen LogP contribution in [-0.2, 0) is 6.61 Å². The van der Waals surface area contributed by atoms with E-state index in [1.807, 2.05) is 23.1 Å². The van der Waals surface area contributed by atoms with Gasteiger partial charge in [-0.2, -0.15) is 0 Å². The maximum Gasteiger partial charge on any atom is 0.276 e. The summed E-state index contributed by atoms with van der Waals surface area (Å²) in [6.45, 7) is 2.18. The highest BCUT2D eigenvalue weighted by atomic mass is 35.5. The number of benzene rings is 1. The number of hydrogen-bond acceptors (Lipinski definition) is 6. The number of rotatable bonds is 5. The van der Waals surface area contributed by atoms with Crippen LogP contribution in [0.25, 0.3) is 0 Å². The van der Waals surface area contributed by atoms with Gasteiger partial charge in [0.2, 0.25) is 0 Å². The Morgan fingerprint density at radius 3 is 2.86 bits per heavy atom. The van der Waals surface area contributed by atoms with Crippen molar-refractivity contribution in [2.75, 3.05) is 26.7 Å². The molecule has 1 saturated heterocycles. The molecular formula is C21H21ClN4O3. The van der Waals surface area contributed by atoms with Crippen LogP contribution in [0.4, 0.5) is 0 Å². The molecule has 1 fully saturated rings. The van der Waals surface area contributed by atoms with Crippen molar-refractivity contribution in [3.8, 4) is 5.75 Å². The van der Waals surface area contributed by atoms with Crippen LogP contribution in [0.5, 0.6) is 5.75 Å². The van der Waals surface area contributed by atoms with Crippen LogP contribution in [0.2, 0.25) is 5.02 Å². The van der Waals surface area contributed by atoms with Gasteiger partial charge in [-0.1, -0.05) is 47.1 Å². The highest BCUT2D eigenvalue weighted by Gasteiger charge is 2.30. The van der Waals surface area contributed by atoms with E-state index in [9.17, 15) is 4.79 Å². The molecule has 1 unspecified atom stereocenters. The minimum absolute atomic E-state index is 0.137. The predicted molar refractivity (Wildman–Crippen MR) is 108 cm³/mol. The Morgan fingerprint density at radius 1 is 1.24 bits per heavy atom. The Balaban J connectivity index is 1.40.